The number of carbonyl (C=O) groups excluding carboxylic acids is 1. The highest BCUT2D eigenvalue weighted by Crippen LogP contribution is 2.20. The van der Waals surface area contributed by atoms with Gasteiger partial charge in [0.1, 0.15) is 5.69 Å². The Labute approximate surface area is 86.5 Å². The topological polar surface area (TPSA) is 73.8 Å². The Morgan fingerprint density at radius 3 is 2.60 bits per heavy atom. The van der Waals surface area contributed by atoms with Gasteiger partial charge in [0.05, 0.1) is 0 Å². The molecule has 5 nitrogen and oxygen atoms in total. The van der Waals surface area contributed by atoms with Gasteiger partial charge in [0.2, 0.25) is 0 Å². The number of benzene rings is 1. The van der Waals surface area contributed by atoms with E-state index in [1.165, 1.54) is 4.68 Å². The maximum atomic E-state index is 11.1. The zero-order chi connectivity index (χ0) is 10.8. The second-order valence-corrected chi connectivity index (χ2v) is 3.14. The molecule has 2 N–H and O–H groups in total. The number of hydrogen-bond donors (Lipinski definition) is 1. The van der Waals surface area contributed by atoms with Gasteiger partial charge in [-0.05, 0) is 0 Å². The predicted octanol–water partition coefficient (Wildman–Crippen LogP) is 0.581. The molecule has 1 aromatic carbocycles. The fourth-order valence-corrected chi connectivity index (χ4v) is 1.44. The molecule has 0 bridgehead atoms. The molecule has 5 heteroatoms. The average molecular weight is 202 g/mol. The number of aryl methyl sites for hydroxylation is 1. The second kappa shape index (κ2) is 3.53. The van der Waals surface area contributed by atoms with Crippen LogP contribution in [0.25, 0.3) is 11.3 Å². The molecule has 15 heavy (non-hydrogen) atoms. The molecule has 0 unspecified atom stereocenters. The number of aromatic nitrogens is 3. The summed E-state index contributed by atoms with van der Waals surface area (Å²) in [5.41, 5.74) is 6.92. The number of nitrogens with two attached hydrogens (primary N) is 1. The van der Waals surface area contributed by atoms with Gasteiger partial charge in [-0.1, -0.05) is 35.5 Å². The van der Waals surface area contributed by atoms with Crippen molar-refractivity contribution < 1.29 is 4.79 Å². The van der Waals surface area contributed by atoms with E-state index in [2.05, 4.69) is 10.3 Å². The van der Waals surface area contributed by atoms with E-state index >= 15 is 0 Å². The molecule has 0 aliphatic carbocycles. The smallest absolute Gasteiger partial charge is 0.271 e. The first-order chi connectivity index (χ1) is 7.20. The van der Waals surface area contributed by atoms with Crippen molar-refractivity contribution in [3.63, 3.8) is 0 Å². The summed E-state index contributed by atoms with van der Waals surface area (Å²) in [6, 6.07) is 9.42. The van der Waals surface area contributed by atoms with Gasteiger partial charge in [0, 0.05) is 12.6 Å². The first-order valence-corrected chi connectivity index (χ1v) is 4.45. The molecule has 1 amide bonds. The molecular formula is C10H10N4O. The average Bonchev–Trinajstić information content (AvgIpc) is 2.61. The van der Waals surface area contributed by atoms with Crippen molar-refractivity contribution in [2.45, 2.75) is 0 Å². The number of amides is 1. The number of nitrogens with zero attached hydrogens (tertiary/aromatic N) is 3. The van der Waals surface area contributed by atoms with Gasteiger partial charge < -0.3 is 5.73 Å². The minimum atomic E-state index is -0.568. The first-order valence-electron chi connectivity index (χ1n) is 4.45. The standard InChI is InChI=1S/C10H10N4O/c1-14-9(7-5-3-2-4-6-7)8(10(11)15)12-13-14/h2-6H,1H3,(H2,11,15). The van der Waals surface area contributed by atoms with Crippen molar-refractivity contribution in [1.82, 2.24) is 15.0 Å². The van der Waals surface area contributed by atoms with Crippen molar-refractivity contribution >= 4 is 5.91 Å². The van der Waals surface area contributed by atoms with Crippen molar-refractivity contribution in [2.75, 3.05) is 0 Å². The summed E-state index contributed by atoms with van der Waals surface area (Å²) in [5.74, 6) is -0.568. The SMILES string of the molecule is Cn1nnc(C(N)=O)c1-c1ccccc1. The molecule has 1 heterocycles. The molecule has 0 spiro atoms. The number of primary amides is 1. The Morgan fingerprint density at radius 1 is 1.33 bits per heavy atom. The van der Waals surface area contributed by atoms with Gasteiger partial charge in [-0.3, -0.25) is 4.79 Å². The Morgan fingerprint density at radius 2 is 2.00 bits per heavy atom. The van der Waals surface area contributed by atoms with Crippen LogP contribution < -0.4 is 5.73 Å². The highest BCUT2D eigenvalue weighted by molar-refractivity contribution is 5.96. The lowest BCUT2D eigenvalue weighted by Crippen LogP contribution is -2.13. The Kier molecular flexibility index (Phi) is 2.21. The van der Waals surface area contributed by atoms with E-state index in [0.717, 1.165) is 5.56 Å². The monoisotopic (exact) mass is 202 g/mol. The summed E-state index contributed by atoms with van der Waals surface area (Å²) in [7, 11) is 1.72. The maximum absolute atomic E-state index is 11.1. The van der Waals surface area contributed by atoms with Gasteiger partial charge in [-0.2, -0.15) is 0 Å². The molecule has 0 aliphatic rings. The van der Waals surface area contributed by atoms with Crippen molar-refractivity contribution in [3.8, 4) is 11.3 Å². The van der Waals surface area contributed by atoms with E-state index in [4.69, 9.17) is 5.73 Å². The third-order valence-corrected chi connectivity index (χ3v) is 2.11. The van der Waals surface area contributed by atoms with Crippen LogP contribution in [0.1, 0.15) is 10.5 Å². The summed E-state index contributed by atoms with van der Waals surface area (Å²) >= 11 is 0. The number of hydrogen-bond acceptors (Lipinski definition) is 3. The highest BCUT2D eigenvalue weighted by Gasteiger charge is 2.16. The van der Waals surface area contributed by atoms with Crippen LogP contribution in [0.4, 0.5) is 0 Å². The molecule has 2 aromatic rings. The summed E-state index contributed by atoms with van der Waals surface area (Å²) < 4.78 is 1.54. The molecule has 76 valence electrons. The Balaban J connectivity index is 2.62. The van der Waals surface area contributed by atoms with Crippen LogP contribution in [0.3, 0.4) is 0 Å². The zero-order valence-electron chi connectivity index (χ0n) is 8.21. The molecule has 0 aliphatic heterocycles. The lowest BCUT2D eigenvalue weighted by molar-refractivity contribution is 0.0996. The van der Waals surface area contributed by atoms with Crippen LogP contribution >= 0.6 is 0 Å². The molecule has 1 aromatic heterocycles. The molecule has 2 rings (SSSR count). The van der Waals surface area contributed by atoms with Gasteiger partial charge in [-0.25, -0.2) is 4.68 Å². The van der Waals surface area contributed by atoms with Crippen LogP contribution in [0.2, 0.25) is 0 Å². The lowest BCUT2D eigenvalue weighted by Gasteiger charge is -2.01. The highest BCUT2D eigenvalue weighted by atomic mass is 16.1. The fourth-order valence-electron chi connectivity index (χ4n) is 1.44. The van der Waals surface area contributed by atoms with Crippen LogP contribution in [0.5, 0.6) is 0 Å². The number of carbonyl (C=O) groups is 1. The van der Waals surface area contributed by atoms with Crippen molar-refractivity contribution in [2.24, 2.45) is 12.8 Å². The summed E-state index contributed by atoms with van der Waals surface area (Å²) in [5, 5.41) is 7.51. The largest absolute Gasteiger partial charge is 0.364 e. The second-order valence-electron chi connectivity index (χ2n) is 3.14. The molecular weight excluding hydrogens is 192 g/mol. The van der Waals surface area contributed by atoms with Gasteiger partial charge in [0.25, 0.3) is 5.91 Å². The van der Waals surface area contributed by atoms with Crippen molar-refractivity contribution in [3.05, 3.63) is 36.0 Å². The van der Waals surface area contributed by atoms with E-state index in [1.54, 1.807) is 7.05 Å². The van der Waals surface area contributed by atoms with Gasteiger partial charge in [0.15, 0.2) is 5.69 Å². The normalized spacial score (nSPS) is 10.2. The molecule has 0 saturated carbocycles. The molecule has 0 atom stereocenters. The van der Waals surface area contributed by atoms with Gasteiger partial charge in [-0.15, -0.1) is 5.10 Å². The van der Waals surface area contributed by atoms with E-state index in [-0.39, 0.29) is 5.69 Å². The quantitative estimate of drug-likeness (QED) is 0.774. The summed E-state index contributed by atoms with van der Waals surface area (Å²) in [6.07, 6.45) is 0. The molecule has 0 radical (unpaired) electrons. The zero-order valence-corrected chi connectivity index (χ0v) is 8.21. The van der Waals surface area contributed by atoms with E-state index < -0.39 is 5.91 Å². The van der Waals surface area contributed by atoms with Gasteiger partial charge >= 0.3 is 0 Å². The minimum Gasteiger partial charge on any atom is -0.364 e. The fraction of sp³-hybridized carbons (Fsp3) is 0.100. The van der Waals surface area contributed by atoms with E-state index in [9.17, 15) is 4.79 Å². The summed E-state index contributed by atoms with van der Waals surface area (Å²) in [6.45, 7) is 0. The third-order valence-electron chi connectivity index (χ3n) is 2.11. The maximum Gasteiger partial charge on any atom is 0.271 e. The minimum absolute atomic E-state index is 0.198. The van der Waals surface area contributed by atoms with E-state index in [1.807, 2.05) is 30.3 Å². The molecule has 0 fully saturated rings. The predicted molar refractivity (Wildman–Crippen MR) is 55.0 cm³/mol. The third kappa shape index (κ3) is 1.59. The van der Waals surface area contributed by atoms with Crippen LogP contribution in [0.15, 0.2) is 30.3 Å². The Bertz CT molecular complexity index is 489. The first kappa shape index (κ1) is 9.39. The Hall–Kier alpha value is -2.17. The van der Waals surface area contributed by atoms with Crippen LogP contribution in [0, 0.1) is 0 Å². The lowest BCUT2D eigenvalue weighted by atomic mass is 10.1. The van der Waals surface area contributed by atoms with Crippen molar-refractivity contribution in [1.29, 1.82) is 0 Å². The van der Waals surface area contributed by atoms with Crippen LogP contribution in [-0.2, 0) is 7.05 Å². The number of rotatable bonds is 2. The van der Waals surface area contributed by atoms with Crippen LogP contribution in [-0.4, -0.2) is 20.9 Å². The summed E-state index contributed by atoms with van der Waals surface area (Å²) in [4.78, 5) is 11.1. The molecule has 0 saturated heterocycles. The van der Waals surface area contributed by atoms with E-state index in [0.29, 0.717) is 5.69 Å².